The second-order valence-corrected chi connectivity index (χ2v) is 13.9. The van der Waals surface area contributed by atoms with E-state index in [1.807, 2.05) is 46.8 Å². The quantitative estimate of drug-likeness (QED) is 0.318. The Morgan fingerprint density at radius 1 is 0.925 bits per heavy atom. The molecule has 1 aliphatic heterocycles. The smallest absolute Gasteiger partial charge is 0.399 e. The van der Waals surface area contributed by atoms with Gasteiger partial charge in [-0.15, -0.1) is 0 Å². The lowest BCUT2D eigenvalue weighted by Crippen LogP contribution is -2.41. The van der Waals surface area contributed by atoms with Gasteiger partial charge in [-0.05, 0) is 89.3 Å². The Morgan fingerprint density at radius 3 is 2.08 bits per heavy atom. The third kappa shape index (κ3) is 4.22. The molecule has 6 nitrogen and oxygen atoms in total. The van der Waals surface area contributed by atoms with Crippen molar-refractivity contribution in [3.63, 3.8) is 0 Å². The van der Waals surface area contributed by atoms with Gasteiger partial charge in [0.25, 0.3) is 10.0 Å². The van der Waals surface area contributed by atoms with Gasteiger partial charge >= 0.3 is 7.12 Å². The lowest BCUT2D eigenvalue weighted by atomic mass is 9.75. The Balaban J connectivity index is 1.52. The zero-order chi connectivity index (χ0) is 28.7. The highest BCUT2D eigenvalue weighted by Crippen LogP contribution is 2.42. The van der Waals surface area contributed by atoms with Crippen molar-refractivity contribution >= 4 is 33.5 Å². The molecule has 0 unspecified atom stereocenters. The summed E-state index contributed by atoms with van der Waals surface area (Å²) in [5, 5.41) is 11.2. The number of aliphatic hydroxyl groups is 1. The summed E-state index contributed by atoms with van der Waals surface area (Å²) in [6.45, 7) is 9.60. The first-order valence-electron chi connectivity index (χ1n) is 13.6. The molecule has 0 radical (unpaired) electrons. The minimum Gasteiger partial charge on any atom is -0.399 e. The van der Waals surface area contributed by atoms with Crippen molar-refractivity contribution in [3.05, 3.63) is 83.8 Å². The van der Waals surface area contributed by atoms with Gasteiger partial charge in [0.15, 0.2) is 0 Å². The van der Waals surface area contributed by atoms with Crippen LogP contribution in [0.15, 0.2) is 71.8 Å². The molecular weight excluding hydrogens is 528 g/mol. The normalized spacial score (nSPS) is 19.6. The van der Waals surface area contributed by atoms with Crippen molar-refractivity contribution in [3.8, 4) is 11.1 Å². The fourth-order valence-corrected chi connectivity index (χ4v) is 6.77. The van der Waals surface area contributed by atoms with Crippen LogP contribution in [-0.2, 0) is 24.9 Å². The van der Waals surface area contributed by atoms with E-state index in [2.05, 4.69) is 0 Å². The minimum atomic E-state index is -4.05. The molecular formula is C31H33BFNO5S. The Kier molecular flexibility index (Phi) is 6.13. The highest BCUT2D eigenvalue weighted by Gasteiger charge is 2.52. The second-order valence-electron chi connectivity index (χ2n) is 12.1. The third-order valence-corrected chi connectivity index (χ3v) is 10.6. The molecule has 40 heavy (non-hydrogen) atoms. The second kappa shape index (κ2) is 9.01. The van der Waals surface area contributed by atoms with E-state index in [1.54, 1.807) is 42.5 Å². The summed E-state index contributed by atoms with van der Waals surface area (Å²) in [5.74, 6) is -0.554. The zero-order valence-corrected chi connectivity index (χ0v) is 24.2. The first-order valence-corrected chi connectivity index (χ1v) is 15.0. The molecule has 2 fully saturated rings. The van der Waals surface area contributed by atoms with Gasteiger partial charge in [0, 0.05) is 22.6 Å². The molecule has 4 aromatic rings. The molecule has 1 saturated carbocycles. The summed E-state index contributed by atoms with van der Waals surface area (Å²) in [5.41, 5.74) is 1.29. The summed E-state index contributed by atoms with van der Waals surface area (Å²) < 4.78 is 57.1. The molecule has 9 heteroatoms. The molecule has 1 aromatic heterocycles. The van der Waals surface area contributed by atoms with E-state index < -0.39 is 39.8 Å². The minimum absolute atomic E-state index is 0.101. The van der Waals surface area contributed by atoms with Crippen LogP contribution in [-0.4, -0.2) is 35.8 Å². The van der Waals surface area contributed by atoms with E-state index in [1.165, 1.54) is 12.3 Å². The number of halogens is 1. The van der Waals surface area contributed by atoms with Crippen LogP contribution in [0, 0.1) is 12.7 Å². The molecule has 1 aliphatic carbocycles. The van der Waals surface area contributed by atoms with E-state index in [4.69, 9.17) is 9.31 Å². The number of benzene rings is 3. The lowest BCUT2D eigenvalue weighted by Gasteiger charge is -2.37. The average molecular weight is 561 g/mol. The van der Waals surface area contributed by atoms with Gasteiger partial charge < -0.3 is 14.4 Å². The van der Waals surface area contributed by atoms with Crippen LogP contribution in [0.4, 0.5) is 4.39 Å². The zero-order valence-electron chi connectivity index (χ0n) is 23.4. The maximum absolute atomic E-state index is 15.8. The first-order chi connectivity index (χ1) is 18.7. The molecule has 0 amide bonds. The molecule has 208 valence electrons. The number of fused-ring (bicyclic) bond motifs is 1. The van der Waals surface area contributed by atoms with Gasteiger partial charge in [0.05, 0.1) is 27.2 Å². The van der Waals surface area contributed by atoms with Gasteiger partial charge in [0.2, 0.25) is 0 Å². The monoisotopic (exact) mass is 561 g/mol. The Morgan fingerprint density at radius 2 is 1.52 bits per heavy atom. The predicted molar refractivity (Wildman–Crippen MR) is 155 cm³/mol. The van der Waals surface area contributed by atoms with Crippen molar-refractivity contribution in [2.75, 3.05) is 0 Å². The van der Waals surface area contributed by atoms with Crippen molar-refractivity contribution in [2.45, 2.75) is 75.6 Å². The maximum atomic E-state index is 15.8. The largest absolute Gasteiger partial charge is 0.497 e. The SMILES string of the molecule is Cc1ccc(S(=O)(=O)n2cc(B3OC(C)(C)C(C)(C)O3)c3cc(-c4ccc(C5(O)CCC5)cc4)c(F)cc32)cc1. The van der Waals surface area contributed by atoms with Crippen LogP contribution in [0.3, 0.4) is 0 Å². The van der Waals surface area contributed by atoms with Crippen molar-refractivity contribution < 1.29 is 27.2 Å². The lowest BCUT2D eigenvalue weighted by molar-refractivity contribution is -0.0387. The number of rotatable bonds is 5. The van der Waals surface area contributed by atoms with Crippen LogP contribution in [0.25, 0.3) is 22.0 Å². The number of aromatic nitrogens is 1. The number of hydrogen-bond donors (Lipinski definition) is 1. The van der Waals surface area contributed by atoms with Gasteiger partial charge in [-0.25, -0.2) is 16.8 Å². The molecule has 0 bridgehead atoms. The van der Waals surface area contributed by atoms with E-state index in [9.17, 15) is 13.5 Å². The van der Waals surface area contributed by atoms with Crippen molar-refractivity contribution in [1.29, 1.82) is 0 Å². The van der Waals surface area contributed by atoms with Gasteiger partial charge in [-0.1, -0.05) is 42.0 Å². The van der Waals surface area contributed by atoms with Crippen molar-refractivity contribution in [1.82, 2.24) is 3.97 Å². The predicted octanol–water partition coefficient (Wildman–Crippen LogP) is 5.66. The molecule has 2 aliphatic rings. The van der Waals surface area contributed by atoms with Gasteiger partial charge in [-0.2, -0.15) is 0 Å². The first kappa shape index (κ1) is 27.2. The molecule has 0 atom stereocenters. The maximum Gasteiger partial charge on any atom is 0.497 e. The summed E-state index contributed by atoms with van der Waals surface area (Å²) in [6.07, 6.45) is 3.90. The van der Waals surface area contributed by atoms with E-state index in [0.717, 1.165) is 21.5 Å². The fraction of sp³-hybridized carbons (Fsp3) is 0.355. The van der Waals surface area contributed by atoms with Crippen molar-refractivity contribution in [2.24, 2.45) is 0 Å². The topological polar surface area (TPSA) is 77.8 Å². The highest BCUT2D eigenvalue weighted by molar-refractivity contribution is 7.90. The van der Waals surface area contributed by atoms with E-state index >= 15 is 4.39 Å². The number of aryl methyl sites for hydroxylation is 1. The summed E-state index contributed by atoms with van der Waals surface area (Å²) in [7, 11) is -4.90. The molecule has 2 heterocycles. The number of nitrogens with zero attached hydrogens (tertiary/aromatic N) is 1. The molecule has 6 rings (SSSR count). The van der Waals surface area contributed by atoms with E-state index in [-0.39, 0.29) is 10.4 Å². The fourth-order valence-electron chi connectivity index (χ4n) is 5.40. The summed E-state index contributed by atoms with van der Waals surface area (Å²) in [6, 6.07) is 16.8. The third-order valence-electron chi connectivity index (χ3n) is 8.89. The van der Waals surface area contributed by atoms with Crippen LogP contribution in [0.1, 0.15) is 58.1 Å². The van der Waals surface area contributed by atoms with Crippen LogP contribution < -0.4 is 5.46 Å². The number of hydrogen-bond acceptors (Lipinski definition) is 5. The standard InChI is InChI=1S/C31H33BFNO5S/c1-20-7-13-23(14-8-20)40(36,37)34-19-26(32-38-29(2,3)30(4,5)39-32)25-17-24(27(33)18-28(25)34)21-9-11-22(12-10-21)31(35)15-6-16-31/h7-14,17-19,35H,6,15-16H2,1-5H3. The van der Waals surface area contributed by atoms with Crippen LogP contribution in [0.5, 0.6) is 0 Å². The molecule has 3 aromatic carbocycles. The van der Waals surface area contributed by atoms with Gasteiger partial charge in [-0.3, -0.25) is 0 Å². The van der Waals surface area contributed by atoms with Crippen LogP contribution in [0.2, 0.25) is 0 Å². The van der Waals surface area contributed by atoms with Gasteiger partial charge in [0.1, 0.15) is 5.82 Å². The molecule has 1 N–H and O–H groups in total. The Hall–Kier alpha value is -2.98. The highest BCUT2D eigenvalue weighted by atomic mass is 32.2. The molecule has 0 spiro atoms. The van der Waals surface area contributed by atoms with E-state index in [0.29, 0.717) is 34.8 Å². The summed E-state index contributed by atoms with van der Waals surface area (Å²) >= 11 is 0. The molecule has 1 saturated heterocycles. The Bertz CT molecular complexity index is 1710. The van der Waals surface area contributed by atoms with Crippen LogP contribution >= 0.6 is 0 Å². The average Bonchev–Trinajstić information content (AvgIpc) is 3.35. The summed E-state index contributed by atoms with van der Waals surface area (Å²) in [4.78, 5) is 0.101. The Labute approximate surface area is 234 Å².